The summed E-state index contributed by atoms with van der Waals surface area (Å²) >= 11 is 0. The van der Waals surface area contributed by atoms with E-state index in [-0.39, 0.29) is 5.91 Å². The van der Waals surface area contributed by atoms with Crippen LogP contribution in [-0.2, 0) is 19.6 Å². The number of piperidine rings is 1. The third-order valence-corrected chi connectivity index (χ3v) is 5.35. The molecule has 0 aliphatic carbocycles. The van der Waals surface area contributed by atoms with Crippen molar-refractivity contribution in [2.24, 2.45) is 17.6 Å². The van der Waals surface area contributed by atoms with Gasteiger partial charge in [-0.25, -0.2) is 0 Å². The van der Waals surface area contributed by atoms with Crippen LogP contribution >= 0.6 is 0 Å². The largest absolute Gasteiger partial charge is 0.348 e. The number of carbonyl (C=O) groups is 1. The van der Waals surface area contributed by atoms with Crippen molar-refractivity contribution in [3.8, 4) is 0 Å². The molecular formula is C23H31N3O. The number of nitrogens with one attached hydrogen (secondary N) is 1. The van der Waals surface area contributed by atoms with Crippen LogP contribution in [0.5, 0.6) is 0 Å². The third-order valence-electron chi connectivity index (χ3n) is 5.35. The molecule has 1 aliphatic heterocycles. The van der Waals surface area contributed by atoms with Crippen LogP contribution in [0, 0.1) is 11.8 Å². The zero-order valence-electron chi connectivity index (χ0n) is 16.4. The Bertz CT molecular complexity index is 746. The fraction of sp³-hybridized carbons (Fsp3) is 0.435. The van der Waals surface area contributed by atoms with Crippen molar-refractivity contribution < 1.29 is 4.79 Å². The molecule has 1 fully saturated rings. The van der Waals surface area contributed by atoms with Gasteiger partial charge in [-0.1, -0.05) is 50.2 Å². The Morgan fingerprint density at radius 2 is 1.67 bits per heavy atom. The lowest BCUT2D eigenvalue weighted by Gasteiger charge is -2.35. The number of hydrogen-bond donors (Lipinski definition) is 2. The lowest BCUT2D eigenvalue weighted by Crippen LogP contribution is -2.38. The maximum atomic E-state index is 12.5. The summed E-state index contributed by atoms with van der Waals surface area (Å²) in [5.74, 6) is 1.45. The second-order valence-electron chi connectivity index (χ2n) is 7.99. The molecular weight excluding hydrogens is 334 g/mol. The van der Waals surface area contributed by atoms with E-state index in [0.29, 0.717) is 18.7 Å². The predicted octanol–water partition coefficient (Wildman–Crippen LogP) is 3.55. The van der Waals surface area contributed by atoms with Crippen LogP contribution in [0.25, 0.3) is 0 Å². The molecule has 2 aromatic carbocycles. The molecule has 0 spiro atoms. The lowest BCUT2D eigenvalue weighted by molar-refractivity contribution is 0.0950. The minimum absolute atomic E-state index is 0.0476. The molecule has 0 radical (unpaired) electrons. The van der Waals surface area contributed by atoms with Crippen LogP contribution in [0.15, 0.2) is 48.5 Å². The first-order valence-electron chi connectivity index (χ1n) is 9.91. The van der Waals surface area contributed by atoms with Crippen molar-refractivity contribution >= 4 is 5.91 Å². The Hall–Kier alpha value is -2.17. The number of rotatable bonds is 6. The number of hydrogen-bond acceptors (Lipinski definition) is 3. The molecule has 0 bridgehead atoms. The molecule has 3 rings (SSSR count). The van der Waals surface area contributed by atoms with Gasteiger partial charge in [-0.05, 0) is 47.1 Å². The second-order valence-corrected chi connectivity index (χ2v) is 7.99. The monoisotopic (exact) mass is 365 g/mol. The Kier molecular flexibility index (Phi) is 6.64. The summed E-state index contributed by atoms with van der Waals surface area (Å²) in [6.07, 6.45) is 1.32. The van der Waals surface area contributed by atoms with Gasteiger partial charge < -0.3 is 11.1 Å². The van der Waals surface area contributed by atoms with E-state index in [2.05, 4.69) is 42.3 Å². The number of benzene rings is 2. The molecule has 1 amide bonds. The van der Waals surface area contributed by atoms with Gasteiger partial charge in [0.25, 0.3) is 5.91 Å². The topological polar surface area (TPSA) is 58.4 Å². The molecule has 4 nitrogen and oxygen atoms in total. The molecule has 0 aromatic heterocycles. The van der Waals surface area contributed by atoms with Crippen molar-refractivity contribution in [3.63, 3.8) is 0 Å². The van der Waals surface area contributed by atoms with Gasteiger partial charge in [0, 0.05) is 38.3 Å². The van der Waals surface area contributed by atoms with Crippen molar-refractivity contribution in [1.82, 2.24) is 10.2 Å². The van der Waals surface area contributed by atoms with E-state index in [0.717, 1.165) is 37.0 Å². The summed E-state index contributed by atoms with van der Waals surface area (Å²) in [4.78, 5) is 15.0. The van der Waals surface area contributed by atoms with Crippen LogP contribution in [0.4, 0.5) is 0 Å². The highest BCUT2D eigenvalue weighted by atomic mass is 16.1. The van der Waals surface area contributed by atoms with Gasteiger partial charge in [-0.2, -0.15) is 0 Å². The number of amides is 1. The van der Waals surface area contributed by atoms with Gasteiger partial charge in [-0.3, -0.25) is 9.69 Å². The minimum atomic E-state index is -0.0476. The third kappa shape index (κ3) is 5.41. The van der Waals surface area contributed by atoms with Gasteiger partial charge >= 0.3 is 0 Å². The Labute approximate surface area is 162 Å². The number of nitrogens with two attached hydrogens (primary N) is 1. The Morgan fingerprint density at radius 3 is 2.30 bits per heavy atom. The normalized spacial score (nSPS) is 20.4. The molecule has 2 aromatic rings. The van der Waals surface area contributed by atoms with Crippen molar-refractivity contribution in [2.75, 3.05) is 13.1 Å². The standard InChI is InChI=1S/C23H31N3O/c1-17-11-18(2)15-26(14-17)16-22-6-4-3-5-21(22)13-25-23(27)20-9-7-19(12-24)8-10-20/h3-10,17-18H,11-16,24H2,1-2H3,(H,25,27). The summed E-state index contributed by atoms with van der Waals surface area (Å²) in [5.41, 5.74) is 9.81. The number of likely N-dealkylation sites (tertiary alicyclic amines) is 1. The molecule has 3 N–H and O–H groups in total. The van der Waals surface area contributed by atoms with E-state index >= 15 is 0 Å². The van der Waals surface area contributed by atoms with Crippen LogP contribution in [0.1, 0.15) is 47.3 Å². The van der Waals surface area contributed by atoms with Crippen LogP contribution in [0.2, 0.25) is 0 Å². The van der Waals surface area contributed by atoms with Crippen LogP contribution in [0.3, 0.4) is 0 Å². The van der Waals surface area contributed by atoms with Crippen LogP contribution in [-0.4, -0.2) is 23.9 Å². The molecule has 0 saturated carbocycles. The van der Waals surface area contributed by atoms with Gasteiger partial charge in [0.05, 0.1) is 0 Å². The first-order chi connectivity index (χ1) is 13.0. The average Bonchev–Trinajstić information content (AvgIpc) is 2.66. The van der Waals surface area contributed by atoms with Gasteiger partial charge in [-0.15, -0.1) is 0 Å². The van der Waals surface area contributed by atoms with Crippen molar-refractivity contribution in [1.29, 1.82) is 0 Å². The number of carbonyl (C=O) groups excluding carboxylic acids is 1. The molecule has 2 unspecified atom stereocenters. The number of nitrogens with zero attached hydrogens (tertiary/aromatic N) is 1. The van der Waals surface area contributed by atoms with E-state index < -0.39 is 0 Å². The molecule has 1 heterocycles. The summed E-state index contributed by atoms with van der Waals surface area (Å²) in [6, 6.07) is 15.9. The minimum Gasteiger partial charge on any atom is -0.348 e. The Balaban J connectivity index is 1.62. The van der Waals surface area contributed by atoms with E-state index in [1.165, 1.54) is 17.5 Å². The van der Waals surface area contributed by atoms with Gasteiger partial charge in [0.2, 0.25) is 0 Å². The zero-order chi connectivity index (χ0) is 19.2. The van der Waals surface area contributed by atoms with Gasteiger partial charge in [0.15, 0.2) is 0 Å². The first kappa shape index (κ1) is 19.6. The summed E-state index contributed by atoms with van der Waals surface area (Å²) < 4.78 is 0. The highest BCUT2D eigenvalue weighted by Crippen LogP contribution is 2.23. The first-order valence-corrected chi connectivity index (χ1v) is 9.91. The SMILES string of the molecule is CC1CC(C)CN(Cc2ccccc2CNC(=O)c2ccc(CN)cc2)C1. The summed E-state index contributed by atoms with van der Waals surface area (Å²) in [7, 11) is 0. The van der Waals surface area contributed by atoms with Crippen molar-refractivity contribution in [3.05, 3.63) is 70.8 Å². The van der Waals surface area contributed by atoms with E-state index in [1.807, 2.05) is 30.3 Å². The van der Waals surface area contributed by atoms with E-state index in [9.17, 15) is 4.79 Å². The molecule has 2 atom stereocenters. The molecule has 1 saturated heterocycles. The summed E-state index contributed by atoms with van der Waals surface area (Å²) in [6.45, 7) is 8.97. The molecule has 1 aliphatic rings. The quantitative estimate of drug-likeness (QED) is 0.823. The maximum absolute atomic E-state index is 12.5. The average molecular weight is 366 g/mol. The Morgan fingerprint density at radius 1 is 1.04 bits per heavy atom. The predicted molar refractivity (Wildman–Crippen MR) is 110 cm³/mol. The second kappa shape index (κ2) is 9.16. The van der Waals surface area contributed by atoms with Crippen LogP contribution < -0.4 is 11.1 Å². The van der Waals surface area contributed by atoms with Crippen molar-refractivity contribution in [2.45, 2.75) is 39.9 Å². The van der Waals surface area contributed by atoms with Gasteiger partial charge in [0.1, 0.15) is 0 Å². The highest BCUT2D eigenvalue weighted by molar-refractivity contribution is 5.94. The highest BCUT2D eigenvalue weighted by Gasteiger charge is 2.22. The fourth-order valence-corrected chi connectivity index (χ4v) is 4.12. The summed E-state index contributed by atoms with van der Waals surface area (Å²) in [5, 5.41) is 3.06. The lowest BCUT2D eigenvalue weighted by atomic mass is 9.91. The van der Waals surface area contributed by atoms with E-state index in [4.69, 9.17) is 5.73 Å². The molecule has 27 heavy (non-hydrogen) atoms. The smallest absolute Gasteiger partial charge is 0.251 e. The zero-order valence-corrected chi connectivity index (χ0v) is 16.4. The molecule has 4 heteroatoms. The maximum Gasteiger partial charge on any atom is 0.251 e. The molecule has 144 valence electrons. The van der Waals surface area contributed by atoms with E-state index in [1.54, 1.807) is 0 Å². The fourth-order valence-electron chi connectivity index (χ4n) is 4.12.